The summed E-state index contributed by atoms with van der Waals surface area (Å²) >= 11 is 0. The van der Waals surface area contributed by atoms with Crippen LogP contribution in [0, 0.1) is 5.82 Å². The Morgan fingerprint density at radius 1 is 1.50 bits per heavy atom. The molecule has 0 radical (unpaired) electrons. The second-order valence-corrected chi connectivity index (χ2v) is 2.71. The minimum Gasteiger partial charge on any atom is -0.497 e. The van der Waals surface area contributed by atoms with E-state index in [0.717, 1.165) is 0 Å². The number of hydrogen-bond acceptors (Lipinski definition) is 3. The van der Waals surface area contributed by atoms with Gasteiger partial charge < -0.3 is 15.6 Å². The normalized spacial score (nSPS) is 11.7. The number of methoxy groups -OCH3 is 1. The Hall–Kier alpha value is -0.840. The molecule has 0 aliphatic heterocycles. The van der Waals surface area contributed by atoms with E-state index in [1.54, 1.807) is 6.07 Å². The summed E-state index contributed by atoms with van der Waals surface area (Å²) < 4.78 is 17.7. The van der Waals surface area contributed by atoms with E-state index >= 15 is 0 Å². The van der Waals surface area contributed by atoms with Crippen LogP contribution in [0.25, 0.3) is 0 Å². The van der Waals surface area contributed by atoms with Crippen molar-refractivity contribution in [3.05, 3.63) is 29.6 Å². The summed E-state index contributed by atoms with van der Waals surface area (Å²) in [5.74, 6) is -0.0165. The molecule has 80 valence electrons. The van der Waals surface area contributed by atoms with E-state index in [1.807, 2.05) is 0 Å². The van der Waals surface area contributed by atoms with Crippen molar-refractivity contribution >= 4 is 12.4 Å². The zero-order valence-electron chi connectivity index (χ0n) is 7.74. The first-order valence-corrected chi connectivity index (χ1v) is 3.88. The summed E-state index contributed by atoms with van der Waals surface area (Å²) in [6, 6.07) is 3.57. The molecule has 0 unspecified atom stereocenters. The molecule has 3 N–H and O–H groups in total. The number of aliphatic hydroxyl groups is 1. The van der Waals surface area contributed by atoms with Crippen molar-refractivity contribution in [1.29, 1.82) is 0 Å². The largest absolute Gasteiger partial charge is 0.497 e. The van der Waals surface area contributed by atoms with Gasteiger partial charge in [-0.25, -0.2) is 4.39 Å². The van der Waals surface area contributed by atoms with Gasteiger partial charge in [-0.2, -0.15) is 0 Å². The predicted molar refractivity (Wildman–Crippen MR) is 54.2 cm³/mol. The molecule has 0 saturated carbocycles. The number of rotatable bonds is 3. The summed E-state index contributed by atoms with van der Waals surface area (Å²) in [6.07, 6.45) is 0. The molecule has 5 heteroatoms. The fraction of sp³-hybridized carbons (Fsp3) is 0.333. The molecule has 1 aromatic carbocycles. The predicted octanol–water partition coefficient (Wildman–Crippen LogP) is 1.25. The van der Waals surface area contributed by atoms with Gasteiger partial charge in [-0.3, -0.25) is 0 Å². The highest BCUT2D eigenvalue weighted by atomic mass is 35.5. The van der Waals surface area contributed by atoms with Gasteiger partial charge in [0.2, 0.25) is 0 Å². The summed E-state index contributed by atoms with van der Waals surface area (Å²) in [7, 11) is 1.45. The molecular weight excluding hydrogens is 209 g/mol. The molecule has 0 fully saturated rings. The molecule has 0 saturated heterocycles. The van der Waals surface area contributed by atoms with Crippen LogP contribution in [0.3, 0.4) is 0 Å². The number of aliphatic hydroxyl groups excluding tert-OH is 1. The smallest absolute Gasteiger partial charge is 0.127 e. The van der Waals surface area contributed by atoms with E-state index in [9.17, 15) is 4.39 Å². The molecule has 0 amide bonds. The maximum absolute atomic E-state index is 12.9. The minimum atomic E-state index is -0.565. The van der Waals surface area contributed by atoms with Crippen LogP contribution in [0.5, 0.6) is 5.75 Å². The van der Waals surface area contributed by atoms with Crippen molar-refractivity contribution in [3.63, 3.8) is 0 Å². The summed E-state index contributed by atoms with van der Waals surface area (Å²) in [4.78, 5) is 0. The van der Waals surface area contributed by atoms with E-state index in [0.29, 0.717) is 11.3 Å². The molecule has 1 rings (SSSR count). The second-order valence-electron chi connectivity index (χ2n) is 2.71. The lowest BCUT2D eigenvalue weighted by Crippen LogP contribution is -2.14. The number of nitrogens with two attached hydrogens (primary N) is 1. The average Bonchev–Trinajstić information content (AvgIpc) is 2.15. The highest BCUT2D eigenvalue weighted by molar-refractivity contribution is 5.85. The maximum Gasteiger partial charge on any atom is 0.127 e. The third kappa shape index (κ3) is 3.14. The Labute approximate surface area is 88.1 Å². The highest BCUT2D eigenvalue weighted by Crippen LogP contribution is 2.19. The van der Waals surface area contributed by atoms with Crippen LogP contribution >= 0.6 is 12.4 Å². The Kier molecular flexibility index (Phi) is 5.45. The highest BCUT2D eigenvalue weighted by Gasteiger charge is 2.07. The standard InChI is InChI=1S/C9H12FNO2.ClH/c1-13-8-3-6(9(11)5-12)2-7(10)4-8;/h2-4,9,12H,5,11H2,1H3;1H/t9-;/m1./s1. The zero-order valence-corrected chi connectivity index (χ0v) is 8.55. The van der Waals surface area contributed by atoms with Crippen LogP contribution in [0.2, 0.25) is 0 Å². The Morgan fingerprint density at radius 3 is 2.64 bits per heavy atom. The second kappa shape index (κ2) is 5.80. The monoisotopic (exact) mass is 221 g/mol. The van der Waals surface area contributed by atoms with Gasteiger partial charge in [-0.1, -0.05) is 0 Å². The van der Waals surface area contributed by atoms with E-state index in [1.165, 1.54) is 19.2 Å². The molecule has 0 heterocycles. The first kappa shape index (κ1) is 13.2. The van der Waals surface area contributed by atoms with Gasteiger partial charge >= 0.3 is 0 Å². The van der Waals surface area contributed by atoms with E-state index < -0.39 is 11.9 Å². The lowest BCUT2D eigenvalue weighted by molar-refractivity contribution is 0.267. The number of hydrogen-bond donors (Lipinski definition) is 2. The Balaban J connectivity index is 0.00000169. The lowest BCUT2D eigenvalue weighted by atomic mass is 10.1. The van der Waals surface area contributed by atoms with E-state index in [4.69, 9.17) is 15.6 Å². The molecular formula is C9H13ClFNO2. The van der Waals surface area contributed by atoms with Gasteiger partial charge in [0.15, 0.2) is 0 Å². The first-order valence-electron chi connectivity index (χ1n) is 3.88. The molecule has 0 aliphatic rings. The molecule has 0 spiro atoms. The first-order chi connectivity index (χ1) is 6.17. The van der Waals surface area contributed by atoms with Gasteiger partial charge in [0, 0.05) is 6.07 Å². The van der Waals surface area contributed by atoms with Crippen molar-refractivity contribution in [1.82, 2.24) is 0 Å². The topological polar surface area (TPSA) is 55.5 Å². The van der Waals surface area contributed by atoms with Crippen LogP contribution in [-0.4, -0.2) is 18.8 Å². The summed E-state index contributed by atoms with van der Waals surface area (Å²) in [5.41, 5.74) is 6.04. The average molecular weight is 222 g/mol. The number of benzene rings is 1. The van der Waals surface area contributed by atoms with Crippen molar-refractivity contribution in [2.45, 2.75) is 6.04 Å². The molecule has 14 heavy (non-hydrogen) atoms. The van der Waals surface area contributed by atoms with E-state index in [-0.39, 0.29) is 19.0 Å². The fourth-order valence-electron chi connectivity index (χ4n) is 1.02. The molecule has 0 aromatic heterocycles. The van der Waals surface area contributed by atoms with Gasteiger partial charge in [0.1, 0.15) is 11.6 Å². The molecule has 1 aromatic rings. The quantitative estimate of drug-likeness (QED) is 0.808. The van der Waals surface area contributed by atoms with Gasteiger partial charge in [-0.05, 0) is 17.7 Å². The van der Waals surface area contributed by atoms with Gasteiger partial charge in [0.25, 0.3) is 0 Å². The third-order valence-corrected chi connectivity index (χ3v) is 1.75. The molecule has 0 aliphatic carbocycles. The van der Waals surface area contributed by atoms with Gasteiger partial charge in [-0.15, -0.1) is 12.4 Å². The maximum atomic E-state index is 12.9. The molecule has 3 nitrogen and oxygen atoms in total. The summed E-state index contributed by atoms with van der Waals surface area (Å²) in [5, 5.41) is 8.75. The number of ether oxygens (including phenoxy) is 1. The molecule has 0 bridgehead atoms. The van der Waals surface area contributed by atoms with Crippen molar-refractivity contribution < 1.29 is 14.2 Å². The van der Waals surface area contributed by atoms with Crippen molar-refractivity contribution in [2.75, 3.05) is 13.7 Å². The van der Waals surface area contributed by atoms with E-state index in [2.05, 4.69) is 0 Å². The van der Waals surface area contributed by atoms with Crippen LogP contribution in [0.4, 0.5) is 4.39 Å². The lowest BCUT2D eigenvalue weighted by Gasteiger charge is -2.10. The summed E-state index contributed by atoms with van der Waals surface area (Å²) in [6.45, 7) is -0.216. The Bertz CT molecular complexity index is 296. The Morgan fingerprint density at radius 2 is 2.14 bits per heavy atom. The van der Waals surface area contributed by atoms with Crippen LogP contribution < -0.4 is 10.5 Å². The van der Waals surface area contributed by atoms with Crippen molar-refractivity contribution in [3.8, 4) is 5.75 Å². The van der Waals surface area contributed by atoms with Gasteiger partial charge in [0.05, 0.1) is 19.8 Å². The van der Waals surface area contributed by atoms with Crippen molar-refractivity contribution in [2.24, 2.45) is 5.73 Å². The minimum absolute atomic E-state index is 0. The molecule has 1 atom stereocenters. The number of halogens is 2. The fourth-order valence-corrected chi connectivity index (χ4v) is 1.02. The van der Waals surface area contributed by atoms with Crippen LogP contribution in [0.1, 0.15) is 11.6 Å². The zero-order chi connectivity index (χ0) is 9.84. The third-order valence-electron chi connectivity index (χ3n) is 1.75. The van der Waals surface area contributed by atoms with Crippen LogP contribution in [-0.2, 0) is 0 Å². The van der Waals surface area contributed by atoms with Crippen LogP contribution in [0.15, 0.2) is 18.2 Å². The SMILES string of the molecule is COc1cc(F)cc([C@H](N)CO)c1.Cl.